The molecule has 0 saturated carbocycles. The molecule has 0 amide bonds. The summed E-state index contributed by atoms with van der Waals surface area (Å²) in [5.41, 5.74) is 1.21. The van der Waals surface area contributed by atoms with Crippen molar-refractivity contribution in [2.45, 2.75) is 10.9 Å². The molecule has 76 valence electrons. The fourth-order valence-corrected chi connectivity index (χ4v) is 3.35. The summed E-state index contributed by atoms with van der Waals surface area (Å²) in [5, 5.41) is 9.18. The van der Waals surface area contributed by atoms with Crippen molar-refractivity contribution in [3.8, 4) is 0 Å². The highest BCUT2D eigenvalue weighted by Crippen LogP contribution is 2.37. The van der Waals surface area contributed by atoms with Crippen LogP contribution < -0.4 is 4.90 Å². The van der Waals surface area contributed by atoms with Crippen LogP contribution in [0.25, 0.3) is 0 Å². The number of nitrogens with zero attached hydrogens (tertiary/aromatic N) is 1. The van der Waals surface area contributed by atoms with Gasteiger partial charge < -0.3 is 10.0 Å². The average molecular weight is 274 g/mol. The van der Waals surface area contributed by atoms with Gasteiger partial charge in [-0.2, -0.15) is 0 Å². The fraction of sp³-hybridized carbons (Fsp3) is 0.400. The first-order valence-electron chi connectivity index (χ1n) is 4.48. The van der Waals surface area contributed by atoms with Crippen molar-refractivity contribution in [2.75, 3.05) is 24.3 Å². The molecule has 0 saturated heterocycles. The third-order valence-electron chi connectivity index (χ3n) is 2.49. The van der Waals surface area contributed by atoms with Crippen LogP contribution in [0.1, 0.15) is 0 Å². The number of hydrogen-bond acceptors (Lipinski definition) is 3. The minimum atomic E-state index is 0.221. The second-order valence-corrected chi connectivity index (χ2v) is 5.35. The predicted octanol–water partition coefficient (Wildman–Crippen LogP) is 2.35. The summed E-state index contributed by atoms with van der Waals surface area (Å²) < 4.78 is 1.11. The van der Waals surface area contributed by atoms with Gasteiger partial charge in [-0.05, 0) is 18.2 Å². The molecule has 0 spiro atoms. The van der Waals surface area contributed by atoms with Gasteiger partial charge in [0.15, 0.2) is 0 Å². The average Bonchev–Trinajstić information content (AvgIpc) is 2.18. The lowest BCUT2D eigenvalue weighted by Gasteiger charge is -2.34. The Kier molecular flexibility index (Phi) is 3.04. The lowest BCUT2D eigenvalue weighted by atomic mass is 10.2. The molecule has 0 fully saturated rings. The lowest BCUT2D eigenvalue weighted by molar-refractivity contribution is 0.271. The highest BCUT2D eigenvalue weighted by Gasteiger charge is 2.22. The Hall–Kier alpha value is -0.190. The van der Waals surface area contributed by atoms with E-state index in [4.69, 9.17) is 0 Å². The van der Waals surface area contributed by atoms with E-state index in [0.29, 0.717) is 0 Å². The summed E-state index contributed by atoms with van der Waals surface area (Å²) in [6, 6.07) is 6.50. The molecule has 1 aliphatic heterocycles. The van der Waals surface area contributed by atoms with E-state index in [0.717, 1.165) is 10.2 Å². The van der Waals surface area contributed by atoms with Crippen LogP contribution in [-0.4, -0.2) is 30.6 Å². The summed E-state index contributed by atoms with van der Waals surface area (Å²) in [6.07, 6.45) is 0. The fourth-order valence-electron chi connectivity index (χ4n) is 1.56. The molecule has 2 nitrogen and oxygen atoms in total. The molecule has 14 heavy (non-hydrogen) atoms. The number of aliphatic hydroxyl groups is 1. The van der Waals surface area contributed by atoms with E-state index in [1.807, 2.05) is 24.9 Å². The van der Waals surface area contributed by atoms with Crippen LogP contribution in [0.4, 0.5) is 5.69 Å². The molecule has 0 bridgehead atoms. The number of aliphatic hydroxyl groups excluding tert-OH is 1. The summed E-state index contributed by atoms with van der Waals surface area (Å²) in [7, 11) is 2.04. The Morgan fingerprint density at radius 1 is 1.64 bits per heavy atom. The van der Waals surface area contributed by atoms with Crippen LogP contribution >= 0.6 is 27.7 Å². The number of thioether (sulfide) groups is 1. The monoisotopic (exact) mass is 273 g/mol. The molecular formula is C10H12BrNOS. The van der Waals surface area contributed by atoms with Crippen molar-refractivity contribution >= 4 is 33.4 Å². The third kappa shape index (κ3) is 1.78. The zero-order chi connectivity index (χ0) is 10.1. The minimum absolute atomic E-state index is 0.221. The van der Waals surface area contributed by atoms with Crippen molar-refractivity contribution in [2.24, 2.45) is 0 Å². The first-order valence-corrected chi connectivity index (χ1v) is 6.26. The van der Waals surface area contributed by atoms with E-state index >= 15 is 0 Å². The third-order valence-corrected chi connectivity index (χ3v) is 4.17. The number of hydrogen-bond donors (Lipinski definition) is 1. The van der Waals surface area contributed by atoms with Gasteiger partial charge in [-0.1, -0.05) is 15.9 Å². The zero-order valence-corrected chi connectivity index (χ0v) is 10.3. The van der Waals surface area contributed by atoms with Gasteiger partial charge in [0, 0.05) is 22.2 Å². The summed E-state index contributed by atoms with van der Waals surface area (Å²) in [5.74, 6) is 0.955. The topological polar surface area (TPSA) is 23.5 Å². The van der Waals surface area contributed by atoms with Crippen molar-refractivity contribution < 1.29 is 5.11 Å². The minimum Gasteiger partial charge on any atom is -0.394 e. The molecule has 1 aromatic rings. The molecule has 1 atom stereocenters. The molecule has 4 heteroatoms. The highest BCUT2D eigenvalue weighted by molar-refractivity contribution is 9.10. The summed E-state index contributed by atoms with van der Waals surface area (Å²) in [6.45, 7) is 0.221. The maximum Gasteiger partial charge on any atom is 0.0643 e. The Morgan fingerprint density at radius 3 is 3.14 bits per heavy atom. The predicted molar refractivity (Wildman–Crippen MR) is 64.1 cm³/mol. The van der Waals surface area contributed by atoms with Crippen molar-refractivity contribution in [3.05, 3.63) is 22.7 Å². The number of anilines is 1. The summed E-state index contributed by atoms with van der Waals surface area (Å²) >= 11 is 5.27. The van der Waals surface area contributed by atoms with Gasteiger partial charge >= 0.3 is 0 Å². The first kappa shape index (κ1) is 10.3. The molecule has 1 heterocycles. The van der Waals surface area contributed by atoms with E-state index < -0.39 is 0 Å². The number of likely N-dealkylation sites (N-methyl/N-ethyl adjacent to an activating group) is 1. The van der Waals surface area contributed by atoms with E-state index in [-0.39, 0.29) is 12.6 Å². The van der Waals surface area contributed by atoms with Crippen LogP contribution in [0, 0.1) is 0 Å². The molecule has 0 aromatic heterocycles. The Labute approximate surface area is 96.4 Å². The van der Waals surface area contributed by atoms with E-state index in [1.54, 1.807) is 0 Å². The number of benzene rings is 1. The number of fused-ring (bicyclic) bond motifs is 1. The molecule has 1 unspecified atom stereocenters. The highest BCUT2D eigenvalue weighted by atomic mass is 79.9. The van der Waals surface area contributed by atoms with Gasteiger partial charge in [-0.15, -0.1) is 11.8 Å². The van der Waals surface area contributed by atoms with Crippen LogP contribution in [0.5, 0.6) is 0 Å². The normalized spacial score (nSPS) is 20.8. The second-order valence-electron chi connectivity index (χ2n) is 3.37. The molecular weight excluding hydrogens is 262 g/mol. The van der Waals surface area contributed by atoms with E-state index in [1.165, 1.54) is 10.6 Å². The van der Waals surface area contributed by atoms with Crippen LogP contribution in [-0.2, 0) is 0 Å². The largest absolute Gasteiger partial charge is 0.394 e. The van der Waals surface area contributed by atoms with Gasteiger partial charge in [0.05, 0.1) is 18.3 Å². The maximum atomic E-state index is 9.18. The van der Waals surface area contributed by atoms with Crippen LogP contribution in [0.3, 0.4) is 0 Å². The van der Waals surface area contributed by atoms with E-state index in [9.17, 15) is 5.11 Å². The first-order chi connectivity index (χ1) is 6.72. The Morgan fingerprint density at radius 2 is 2.43 bits per heavy atom. The molecule has 0 aliphatic carbocycles. The van der Waals surface area contributed by atoms with Gasteiger partial charge in [0.1, 0.15) is 0 Å². The van der Waals surface area contributed by atoms with Gasteiger partial charge in [0.2, 0.25) is 0 Å². The Balaban J connectivity index is 2.36. The second kappa shape index (κ2) is 4.13. The lowest BCUT2D eigenvalue weighted by Crippen LogP contribution is -2.39. The van der Waals surface area contributed by atoms with E-state index in [2.05, 4.69) is 33.0 Å². The molecule has 1 aliphatic rings. The SMILES string of the molecule is CN1c2ccc(Br)cc2SCC1CO. The van der Waals surface area contributed by atoms with Gasteiger partial charge in [-0.3, -0.25) is 0 Å². The smallest absolute Gasteiger partial charge is 0.0643 e. The van der Waals surface area contributed by atoms with Crippen molar-refractivity contribution in [1.82, 2.24) is 0 Å². The molecule has 0 radical (unpaired) electrons. The van der Waals surface area contributed by atoms with Crippen molar-refractivity contribution in [1.29, 1.82) is 0 Å². The molecule has 1 N–H and O–H groups in total. The zero-order valence-electron chi connectivity index (χ0n) is 7.90. The van der Waals surface area contributed by atoms with Crippen molar-refractivity contribution in [3.63, 3.8) is 0 Å². The number of halogens is 1. The standard InChI is InChI=1S/C10H12BrNOS/c1-12-8(5-13)6-14-10-4-7(11)2-3-9(10)12/h2-4,8,13H,5-6H2,1H3. The maximum absolute atomic E-state index is 9.18. The Bertz CT molecular complexity index is 345. The quantitative estimate of drug-likeness (QED) is 0.850. The number of rotatable bonds is 1. The molecule has 1 aromatic carbocycles. The molecule has 2 rings (SSSR count). The summed E-state index contributed by atoms with van der Waals surface area (Å²) in [4.78, 5) is 3.43. The van der Waals surface area contributed by atoms with Crippen LogP contribution in [0.2, 0.25) is 0 Å². The van der Waals surface area contributed by atoms with Gasteiger partial charge in [-0.25, -0.2) is 0 Å². The van der Waals surface area contributed by atoms with Gasteiger partial charge in [0.25, 0.3) is 0 Å². The van der Waals surface area contributed by atoms with Crippen LogP contribution in [0.15, 0.2) is 27.6 Å².